The Morgan fingerprint density at radius 3 is 2.55 bits per heavy atom. The van der Waals surface area contributed by atoms with Crippen molar-refractivity contribution < 1.29 is 4.79 Å². The zero-order valence-corrected chi connectivity index (χ0v) is 7.26. The molecule has 0 unspecified atom stereocenters. The van der Waals surface area contributed by atoms with Gasteiger partial charge in [-0.3, -0.25) is 10.2 Å². The third-order valence-electron chi connectivity index (χ3n) is 2.05. The van der Waals surface area contributed by atoms with Gasteiger partial charge in [0.2, 0.25) is 5.91 Å². The van der Waals surface area contributed by atoms with Gasteiger partial charge in [0.1, 0.15) is 0 Å². The standard InChI is InChI=1S/C8H16N2O/c1-10(2)9-8(11)6-7-4-3-5-7/h7H,3-6H2,1-2H3,(H,9,11). The predicted molar refractivity (Wildman–Crippen MR) is 43.8 cm³/mol. The molecule has 11 heavy (non-hydrogen) atoms. The molecule has 3 nitrogen and oxygen atoms in total. The van der Waals surface area contributed by atoms with E-state index in [2.05, 4.69) is 5.43 Å². The van der Waals surface area contributed by atoms with Crippen LogP contribution < -0.4 is 5.43 Å². The van der Waals surface area contributed by atoms with Crippen LogP contribution in [0.3, 0.4) is 0 Å². The molecule has 1 rings (SSSR count). The van der Waals surface area contributed by atoms with Crippen LogP contribution in [0.2, 0.25) is 0 Å². The van der Waals surface area contributed by atoms with Crippen LogP contribution in [-0.2, 0) is 4.79 Å². The molecule has 64 valence electrons. The molecule has 1 aliphatic carbocycles. The molecule has 0 spiro atoms. The van der Waals surface area contributed by atoms with E-state index >= 15 is 0 Å². The number of nitrogens with one attached hydrogen (secondary N) is 1. The summed E-state index contributed by atoms with van der Waals surface area (Å²) >= 11 is 0. The Balaban J connectivity index is 2.09. The van der Waals surface area contributed by atoms with Crippen LogP contribution in [0.15, 0.2) is 0 Å². The lowest BCUT2D eigenvalue weighted by Gasteiger charge is -2.25. The van der Waals surface area contributed by atoms with Crippen LogP contribution in [0.4, 0.5) is 0 Å². The van der Waals surface area contributed by atoms with Gasteiger partial charge in [0.25, 0.3) is 0 Å². The monoisotopic (exact) mass is 156 g/mol. The highest BCUT2D eigenvalue weighted by Gasteiger charge is 2.20. The minimum Gasteiger partial charge on any atom is -0.289 e. The summed E-state index contributed by atoms with van der Waals surface area (Å²) < 4.78 is 0. The normalized spacial score (nSPS) is 18.1. The molecule has 0 aromatic rings. The first-order chi connectivity index (χ1) is 5.18. The molecule has 1 amide bonds. The van der Waals surface area contributed by atoms with Gasteiger partial charge >= 0.3 is 0 Å². The van der Waals surface area contributed by atoms with Crippen molar-refractivity contribution in [3.63, 3.8) is 0 Å². The first kappa shape index (κ1) is 8.53. The number of nitrogens with zero attached hydrogens (tertiary/aromatic N) is 1. The molecule has 3 heteroatoms. The van der Waals surface area contributed by atoms with Crippen molar-refractivity contribution in [1.29, 1.82) is 0 Å². The fourth-order valence-electron chi connectivity index (χ4n) is 1.25. The molecule has 0 atom stereocenters. The molecule has 0 radical (unpaired) electrons. The maximum Gasteiger partial charge on any atom is 0.234 e. The molecule has 0 aromatic carbocycles. The fraction of sp³-hybridized carbons (Fsp3) is 0.875. The Kier molecular flexibility index (Phi) is 2.88. The van der Waals surface area contributed by atoms with Gasteiger partial charge in [-0.15, -0.1) is 0 Å². The van der Waals surface area contributed by atoms with E-state index in [9.17, 15) is 4.79 Å². The van der Waals surface area contributed by atoms with Gasteiger partial charge in [-0.1, -0.05) is 6.42 Å². The van der Waals surface area contributed by atoms with Gasteiger partial charge in [-0.2, -0.15) is 0 Å². The van der Waals surface area contributed by atoms with Gasteiger partial charge in [0.15, 0.2) is 0 Å². The van der Waals surface area contributed by atoms with Crippen LogP contribution in [0.25, 0.3) is 0 Å². The average Bonchev–Trinajstić information content (AvgIpc) is 1.77. The van der Waals surface area contributed by atoms with Crippen molar-refractivity contribution in [2.45, 2.75) is 25.7 Å². The number of hydrogen-bond acceptors (Lipinski definition) is 2. The molecule has 0 aliphatic heterocycles. The van der Waals surface area contributed by atoms with Gasteiger partial charge in [0, 0.05) is 20.5 Å². The molecule has 0 saturated heterocycles. The van der Waals surface area contributed by atoms with Crippen molar-refractivity contribution in [2.24, 2.45) is 5.92 Å². The van der Waals surface area contributed by atoms with Crippen LogP contribution in [0, 0.1) is 5.92 Å². The Morgan fingerprint density at radius 1 is 1.55 bits per heavy atom. The van der Waals surface area contributed by atoms with Crippen LogP contribution in [0.1, 0.15) is 25.7 Å². The summed E-state index contributed by atoms with van der Waals surface area (Å²) in [5, 5.41) is 1.70. The summed E-state index contributed by atoms with van der Waals surface area (Å²) in [5.41, 5.74) is 2.74. The topological polar surface area (TPSA) is 32.3 Å². The average molecular weight is 156 g/mol. The third-order valence-corrected chi connectivity index (χ3v) is 2.05. The third kappa shape index (κ3) is 2.89. The largest absolute Gasteiger partial charge is 0.289 e. The lowest BCUT2D eigenvalue weighted by Crippen LogP contribution is -2.37. The molecule has 0 bridgehead atoms. The predicted octanol–water partition coefficient (Wildman–Crippen LogP) is 0.769. The SMILES string of the molecule is CN(C)NC(=O)CC1CCC1. The zero-order valence-electron chi connectivity index (χ0n) is 7.26. The van der Waals surface area contributed by atoms with E-state index in [1.807, 2.05) is 14.1 Å². The summed E-state index contributed by atoms with van der Waals surface area (Å²) in [5.74, 6) is 0.814. The van der Waals surface area contributed by atoms with E-state index in [1.54, 1.807) is 5.01 Å². The van der Waals surface area contributed by atoms with Gasteiger partial charge in [-0.05, 0) is 18.8 Å². The van der Waals surface area contributed by atoms with Crippen molar-refractivity contribution in [3.05, 3.63) is 0 Å². The first-order valence-electron chi connectivity index (χ1n) is 4.15. The highest BCUT2D eigenvalue weighted by atomic mass is 16.2. The molecule has 1 aliphatic rings. The van der Waals surface area contributed by atoms with E-state index in [0.717, 1.165) is 0 Å². The maximum atomic E-state index is 11.1. The zero-order chi connectivity index (χ0) is 8.27. The van der Waals surface area contributed by atoms with Crippen molar-refractivity contribution >= 4 is 5.91 Å². The van der Waals surface area contributed by atoms with Crippen molar-refractivity contribution in [2.75, 3.05) is 14.1 Å². The van der Waals surface area contributed by atoms with Crippen LogP contribution >= 0.6 is 0 Å². The number of hydrogen-bond donors (Lipinski definition) is 1. The highest BCUT2D eigenvalue weighted by Crippen LogP contribution is 2.28. The lowest BCUT2D eigenvalue weighted by atomic mass is 9.83. The second-order valence-corrected chi connectivity index (χ2v) is 3.43. The smallest absolute Gasteiger partial charge is 0.234 e. The molecular formula is C8H16N2O. The molecule has 0 aromatic heterocycles. The lowest BCUT2D eigenvalue weighted by molar-refractivity contribution is -0.126. The summed E-state index contributed by atoms with van der Waals surface area (Å²) in [6, 6.07) is 0. The fourth-order valence-corrected chi connectivity index (χ4v) is 1.25. The Hall–Kier alpha value is -0.570. The number of rotatable bonds is 3. The summed E-state index contributed by atoms with van der Waals surface area (Å²) in [4.78, 5) is 11.1. The van der Waals surface area contributed by atoms with E-state index in [-0.39, 0.29) is 5.91 Å². The summed E-state index contributed by atoms with van der Waals surface area (Å²) in [7, 11) is 3.66. The molecule has 1 saturated carbocycles. The Bertz CT molecular complexity index is 141. The second-order valence-electron chi connectivity index (χ2n) is 3.43. The van der Waals surface area contributed by atoms with Crippen LogP contribution in [0.5, 0.6) is 0 Å². The summed E-state index contributed by atoms with van der Waals surface area (Å²) in [6.07, 6.45) is 4.49. The number of carbonyl (C=O) groups excluding carboxylic acids is 1. The minimum absolute atomic E-state index is 0.153. The van der Waals surface area contributed by atoms with E-state index < -0.39 is 0 Å². The van der Waals surface area contributed by atoms with E-state index in [4.69, 9.17) is 0 Å². The Labute approximate surface area is 67.7 Å². The van der Waals surface area contributed by atoms with Gasteiger partial charge in [0.05, 0.1) is 0 Å². The van der Waals surface area contributed by atoms with Crippen molar-refractivity contribution in [3.8, 4) is 0 Å². The highest BCUT2D eigenvalue weighted by molar-refractivity contribution is 5.75. The molecule has 0 heterocycles. The summed E-state index contributed by atoms with van der Waals surface area (Å²) in [6.45, 7) is 0. The van der Waals surface area contributed by atoms with Crippen LogP contribution in [-0.4, -0.2) is 25.0 Å². The maximum absolute atomic E-state index is 11.1. The first-order valence-corrected chi connectivity index (χ1v) is 4.15. The molecule has 1 fully saturated rings. The number of amides is 1. The van der Waals surface area contributed by atoms with Gasteiger partial charge < -0.3 is 0 Å². The van der Waals surface area contributed by atoms with E-state index in [1.165, 1.54) is 19.3 Å². The molecular weight excluding hydrogens is 140 g/mol. The van der Waals surface area contributed by atoms with Crippen molar-refractivity contribution in [1.82, 2.24) is 10.4 Å². The Morgan fingerprint density at radius 2 is 2.18 bits per heavy atom. The van der Waals surface area contributed by atoms with E-state index in [0.29, 0.717) is 12.3 Å². The quantitative estimate of drug-likeness (QED) is 0.612. The molecule has 1 N–H and O–H groups in total. The number of carbonyl (C=O) groups is 1. The second kappa shape index (κ2) is 3.72. The van der Waals surface area contributed by atoms with Gasteiger partial charge in [-0.25, -0.2) is 5.01 Å². The number of hydrazine groups is 1. The minimum atomic E-state index is 0.153.